The van der Waals surface area contributed by atoms with Crippen LogP contribution in [0.3, 0.4) is 0 Å². The fourth-order valence-electron chi connectivity index (χ4n) is 1.40. The Bertz CT molecular complexity index is 484. The van der Waals surface area contributed by atoms with Crippen LogP contribution in [-0.2, 0) is 19.1 Å². The summed E-state index contributed by atoms with van der Waals surface area (Å²) in [5, 5.41) is 0. The van der Waals surface area contributed by atoms with E-state index >= 15 is 0 Å². The molecule has 0 heterocycles. The van der Waals surface area contributed by atoms with Gasteiger partial charge in [-0.2, -0.15) is 0 Å². The highest BCUT2D eigenvalue weighted by atomic mass is 127. The molecule has 0 spiro atoms. The van der Waals surface area contributed by atoms with Gasteiger partial charge in [-0.3, -0.25) is 14.6 Å². The third-order valence-corrected chi connectivity index (χ3v) is 2.93. The van der Waals surface area contributed by atoms with Crippen molar-refractivity contribution < 1.29 is 19.1 Å². The zero-order chi connectivity index (χ0) is 15.0. The summed E-state index contributed by atoms with van der Waals surface area (Å²) in [5.41, 5.74) is 0.662. The zero-order valence-electron chi connectivity index (χ0n) is 11.3. The summed E-state index contributed by atoms with van der Waals surface area (Å²) >= 11 is 2.16. The van der Waals surface area contributed by atoms with Gasteiger partial charge in [0.1, 0.15) is 0 Å². The van der Waals surface area contributed by atoms with Gasteiger partial charge in [0.05, 0.1) is 18.9 Å². The molecule has 6 heteroatoms. The zero-order valence-corrected chi connectivity index (χ0v) is 13.5. The highest BCUT2D eigenvalue weighted by Gasteiger charge is 2.27. The van der Waals surface area contributed by atoms with Gasteiger partial charge in [-0.1, -0.05) is 6.07 Å². The van der Waals surface area contributed by atoms with Crippen molar-refractivity contribution >= 4 is 46.4 Å². The minimum absolute atomic E-state index is 0.200. The molecule has 0 aliphatic carbocycles. The molecule has 0 radical (unpaired) electrons. The summed E-state index contributed by atoms with van der Waals surface area (Å²) in [7, 11) is 0. The third-order valence-electron chi connectivity index (χ3n) is 2.26. The van der Waals surface area contributed by atoms with E-state index in [4.69, 9.17) is 9.47 Å². The van der Waals surface area contributed by atoms with Gasteiger partial charge in [-0.25, -0.2) is 0 Å². The molecule has 0 fully saturated rings. The van der Waals surface area contributed by atoms with E-state index in [1.54, 1.807) is 19.9 Å². The molecule has 1 aromatic rings. The molecule has 0 atom stereocenters. The first-order chi connectivity index (χ1) is 9.58. The Hall–Kier alpha value is -1.44. The Kier molecular flexibility index (Phi) is 7.21. The molecule has 0 aromatic heterocycles. The van der Waals surface area contributed by atoms with E-state index in [2.05, 4.69) is 27.6 Å². The van der Waals surface area contributed by atoms with Crippen LogP contribution in [0.1, 0.15) is 13.8 Å². The predicted octanol–water partition coefficient (Wildman–Crippen LogP) is 2.74. The maximum absolute atomic E-state index is 11.7. The second kappa shape index (κ2) is 8.68. The predicted molar refractivity (Wildman–Crippen MR) is 84.1 cm³/mol. The molecule has 0 amide bonds. The van der Waals surface area contributed by atoms with Crippen molar-refractivity contribution in [3.05, 3.63) is 27.8 Å². The van der Waals surface area contributed by atoms with Crippen LogP contribution in [0.4, 0.5) is 5.69 Å². The maximum atomic E-state index is 11.7. The summed E-state index contributed by atoms with van der Waals surface area (Å²) in [4.78, 5) is 27.6. The van der Waals surface area contributed by atoms with Crippen molar-refractivity contribution in [2.75, 3.05) is 13.2 Å². The monoisotopic (exact) mass is 389 g/mol. The molecule has 0 N–H and O–H groups in total. The molecule has 0 bridgehead atoms. The fraction of sp³-hybridized carbons (Fsp3) is 0.357. The Morgan fingerprint density at radius 3 is 2.35 bits per heavy atom. The fourth-order valence-corrected chi connectivity index (χ4v) is 1.93. The number of aliphatic imine (C=N–C) groups is 1. The summed E-state index contributed by atoms with van der Waals surface area (Å²) in [5.74, 6) is -2.44. The first kappa shape index (κ1) is 16.6. The molecule has 20 heavy (non-hydrogen) atoms. The van der Waals surface area contributed by atoms with Crippen molar-refractivity contribution in [1.29, 1.82) is 0 Å². The van der Waals surface area contributed by atoms with E-state index in [0.29, 0.717) is 5.69 Å². The van der Waals surface area contributed by atoms with Crippen molar-refractivity contribution in [1.82, 2.24) is 0 Å². The SMILES string of the molecule is CCOC(=O)C(C=Nc1cccc(I)c1)C(=O)OCC. The van der Waals surface area contributed by atoms with Crippen LogP contribution in [-0.4, -0.2) is 31.4 Å². The molecule has 1 aromatic carbocycles. The lowest BCUT2D eigenvalue weighted by molar-refractivity contribution is -0.157. The third kappa shape index (κ3) is 5.28. The lowest BCUT2D eigenvalue weighted by Gasteiger charge is -2.09. The molecule has 0 aliphatic rings. The second-order valence-corrected chi connectivity index (χ2v) is 4.99. The topological polar surface area (TPSA) is 65.0 Å². The summed E-state index contributed by atoms with van der Waals surface area (Å²) in [6, 6.07) is 7.39. The Balaban J connectivity index is 2.88. The second-order valence-electron chi connectivity index (χ2n) is 3.74. The van der Waals surface area contributed by atoms with Gasteiger partial charge < -0.3 is 9.47 Å². The van der Waals surface area contributed by atoms with Crippen LogP contribution in [0.2, 0.25) is 0 Å². The van der Waals surface area contributed by atoms with E-state index in [1.165, 1.54) is 6.21 Å². The molecular formula is C14H16INO4. The van der Waals surface area contributed by atoms with Gasteiger partial charge in [0.2, 0.25) is 0 Å². The molecule has 0 unspecified atom stereocenters. The van der Waals surface area contributed by atoms with Gasteiger partial charge in [0.25, 0.3) is 0 Å². The highest BCUT2D eigenvalue weighted by molar-refractivity contribution is 14.1. The number of nitrogens with zero attached hydrogens (tertiary/aromatic N) is 1. The average molecular weight is 389 g/mol. The molecule has 108 valence electrons. The first-order valence-electron chi connectivity index (χ1n) is 6.21. The molecule has 0 aliphatic heterocycles. The van der Waals surface area contributed by atoms with Crippen molar-refractivity contribution in [2.24, 2.45) is 10.9 Å². The highest BCUT2D eigenvalue weighted by Crippen LogP contribution is 2.16. The number of carbonyl (C=O) groups excluding carboxylic acids is 2. The number of carbonyl (C=O) groups is 2. The number of ether oxygens (including phenoxy) is 2. The average Bonchev–Trinajstić information content (AvgIpc) is 2.39. The lowest BCUT2D eigenvalue weighted by atomic mass is 10.1. The molecule has 0 saturated heterocycles. The number of halogens is 1. The van der Waals surface area contributed by atoms with Gasteiger partial charge in [-0.15, -0.1) is 0 Å². The quantitative estimate of drug-likeness (QED) is 0.325. The number of esters is 2. The lowest BCUT2D eigenvalue weighted by Crippen LogP contribution is -2.29. The summed E-state index contributed by atoms with van der Waals surface area (Å²) in [6.07, 6.45) is 1.27. The smallest absolute Gasteiger partial charge is 0.325 e. The Labute approximate surface area is 131 Å². The number of rotatable bonds is 6. The van der Waals surface area contributed by atoms with E-state index < -0.39 is 17.9 Å². The number of hydrogen-bond acceptors (Lipinski definition) is 5. The Morgan fingerprint density at radius 2 is 1.85 bits per heavy atom. The molecular weight excluding hydrogens is 373 g/mol. The van der Waals surface area contributed by atoms with Gasteiger partial charge in [0, 0.05) is 9.78 Å². The van der Waals surface area contributed by atoms with Gasteiger partial charge in [-0.05, 0) is 54.6 Å². The van der Waals surface area contributed by atoms with Crippen LogP contribution in [0, 0.1) is 9.49 Å². The Morgan fingerprint density at radius 1 is 1.25 bits per heavy atom. The largest absolute Gasteiger partial charge is 0.465 e. The number of hydrogen-bond donors (Lipinski definition) is 0. The van der Waals surface area contributed by atoms with Crippen LogP contribution in [0.15, 0.2) is 29.3 Å². The van der Waals surface area contributed by atoms with Crippen LogP contribution < -0.4 is 0 Å². The van der Waals surface area contributed by atoms with Gasteiger partial charge >= 0.3 is 11.9 Å². The van der Waals surface area contributed by atoms with Crippen molar-refractivity contribution in [3.8, 4) is 0 Å². The number of benzene rings is 1. The van der Waals surface area contributed by atoms with Crippen LogP contribution in [0.25, 0.3) is 0 Å². The van der Waals surface area contributed by atoms with E-state index in [9.17, 15) is 9.59 Å². The maximum Gasteiger partial charge on any atom is 0.325 e. The molecule has 5 nitrogen and oxygen atoms in total. The minimum Gasteiger partial charge on any atom is -0.465 e. The minimum atomic E-state index is -1.13. The van der Waals surface area contributed by atoms with E-state index in [1.807, 2.05) is 18.2 Å². The van der Waals surface area contributed by atoms with Crippen LogP contribution >= 0.6 is 22.6 Å². The van der Waals surface area contributed by atoms with E-state index in [-0.39, 0.29) is 13.2 Å². The van der Waals surface area contributed by atoms with Crippen LogP contribution in [0.5, 0.6) is 0 Å². The molecule has 1 rings (SSSR count). The van der Waals surface area contributed by atoms with E-state index in [0.717, 1.165) is 3.57 Å². The summed E-state index contributed by atoms with van der Waals surface area (Å²) < 4.78 is 10.7. The first-order valence-corrected chi connectivity index (χ1v) is 7.29. The van der Waals surface area contributed by atoms with Crippen molar-refractivity contribution in [2.45, 2.75) is 13.8 Å². The van der Waals surface area contributed by atoms with Crippen molar-refractivity contribution in [3.63, 3.8) is 0 Å². The standard InChI is InChI=1S/C14H16INO4/c1-3-19-13(17)12(14(18)20-4-2)9-16-11-7-5-6-10(15)8-11/h5-9,12H,3-4H2,1-2H3. The van der Waals surface area contributed by atoms with Gasteiger partial charge in [0.15, 0.2) is 5.92 Å². The normalized spacial score (nSPS) is 10.8. The summed E-state index contributed by atoms with van der Waals surface area (Å²) in [6.45, 7) is 3.76. The molecule has 0 saturated carbocycles.